The average Bonchev–Trinajstić information content (AvgIpc) is 2.62. The van der Waals surface area contributed by atoms with Crippen LogP contribution in [0.2, 0.25) is 0 Å². The van der Waals surface area contributed by atoms with Crippen LogP contribution in [-0.4, -0.2) is 41.2 Å². The number of carbonyl (C=O) groups is 3. The van der Waals surface area contributed by atoms with Crippen molar-refractivity contribution in [2.75, 3.05) is 0 Å². The van der Waals surface area contributed by atoms with E-state index in [1.165, 1.54) is 6.92 Å². The third-order valence-corrected chi connectivity index (χ3v) is 3.84. The summed E-state index contributed by atoms with van der Waals surface area (Å²) in [4.78, 5) is 35.9. The van der Waals surface area contributed by atoms with Crippen LogP contribution in [0.3, 0.4) is 0 Å². The number of amides is 3. The number of nitrogens with one attached hydrogen (secondary N) is 2. The number of aliphatic hydroxyl groups excluding tert-OH is 1. The number of hydrogen-bond donors (Lipinski definition) is 4. The van der Waals surface area contributed by atoms with Gasteiger partial charge in [-0.25, -0.2) is 4.79 Å². The maximum atomic E-state index is 12.4. The molecule has 146 valence electrons. The van der Waals surface area contributed by atoms with Gasteiger partial charge in [-0.05, 0) is 18.4 Å². The van der Waals surface area contributed by atoms with E-state index >= 15 is 0 Å². The van der Waals surface area contributed by atoms with Crippen molar-refractivity contribution in [3.8, 4) is 6.07 Å². The SMILES string of the molecule is C[C@@H](O)[C@H](NC(=O)OCc1ccccc1)C(=O)N[C@H](C(N)=O)[C@@H](C)CC#N. The van der Waals surface area contributed by atoms with E-state index < -0.39 is 42.0 Å². The topological polar surface area (TPSA) is 155 Å². The number of ether oxygens (including phenoxy) is 1. The molecule has 0 spiro atoms. The van der Waals surface area contributed by atoms with E-state index in [0.29, 0.717) is 0 Å². The fourth-order valence-electron chi connectivity index (χ4n) is 2.30. The van der Waals surface area contributed by atoms with Crippen molar-refractivity contribution in [2.24, 2.45) is 11.7 Å². The number of alkyl carbamates (subject to hydrolysis) is 1. The molecule has 0 radical (unpaired) electrons. The van der Waals surface area contributed by atoms with Gasteiger partial charge in [-0.1, -0.05) is 37.3 Å². The number of nitrogens with zero attached hydrogens (tertiary/aromatic N) is 1. The maximum absolute atomic E-state index is 12.4. The summed E-state index contributed by atoms with van der Waals surface area (Å²) in [6, 6.07) is 8.35. The molecule has 0 aromatic heterocycles. The Morgan fingerprint density at radius 2 is 1.81 bits per heavy atom. The Bertz CT molecular complexity index is 687. The monoisotopic (exact) mass is 376 g/mol. The first-order valence-corrected chi connectivity index (χ1v) is 8.38. The summed E-state index contributed by atoms with van der Waals surface area (Å²) in [5, 5.41) is 23.2. The molecule has 5 N–H and O–H groups in total. The molecule has 1 aromatic rings. The number of aliphatic hydroxyl groups is 1. The number of benzene rings is 1. The summed E-state index contributed by atoms with van der Waals surface area (Å²) < 4.78 is 5.02. The number of carbonyl (C=O) groups excluding carboxylic acids is 3. The molecule has 0 aliphatic heterocycles. The fraction of sp³-hybridized carbons (Fsp3) is 0.444. The van der Waals surface area contributed by atoms with Gasteiger partial charge in [0.25, 0.3) is 0 Å². The van der Waals surface area contributed by atoms with Gasteiger partial charge in [0.15, 0.2) is 0 Å². The largest absolute Gasteiger partial charge is 0.445 e. The van der Waals surface area contributed by atoms with E-state index in [2.05, 4.69) is 10.6 Å². The highest BCUT2D eigenvalue weighted by molar-refractivity contribution is 5.91. The maximum Gasteiger partial charge on any atom is 0.408 e. The predicted molar refractivity (Wildman–Crippen MR) is 95.8 cm³/mol. The zero-order chi connectivity index (χ0) is 20.4. The molecule has 3 amide bonds. The molecule has 0 aliphatic rings. The molecule has 0 saturated carbocycles. The highest BCUT2D eigenvalue weighted by atomic mass is 16.5. The minimum absolute atomic E-state index is 0.000220. The van der Waals surface area contributed by atoms with Crippen molar-refractivity contribution in [3.05, 3.63) is 35.9 Å². The van der Waals surface area contributed by atoms with Crippen LogP contribution in [0.1, 0.15) is 25.8 Å². The van der Waals surface area contributed by atoms with Crippen LogP contribution in [0.25, 0.3) is 0 Å². The number of primary amides is 1. The van der Waals surface area contributed by atoms with Gasteiger partial charge < -0.3 is 26.2 Å². The van der Waals surface area contributed by atoms with Crippen molar-refractivity contribution in [1.29, 1.82) is 5.26 Å². The lowest BCUT2D eigenvalue weighted by Gasteiger charge is -2.25. The predicted octanol–water partition coefficient (Wildman–Crippen LogP) is 0.182. The number of nitrogens with two attached hydrogens (primary N) is 1. The highest BCUT2D eigenvalue weighted by Crippen LogP contribution is 2.08. The second-order valence-corrected chi connectivity index (χ2v) is 6.15. The third kappa shape index (κ3) is 7.33. The van der Waals surface area contributed by atoms with Gasteiger partial charge in [0.2, 0.25) is 11.8 Å². The quantitative estimate of drug-likeness (QED) is 0.482. The third-order valence-electron chi connectivity index (χ3n) is 3.84. The molecule has 4 atom stereocenters. The van der Waals surface area contributed by atoms with E-state index in [1.807, 2.05) is 12.1 Å². The number of nitriles is 1. The molecular formula is C18H24N4O5. The summed E-state index contributed by atoms with van der Waals surface area (Å²) in [7, 11) is 0. The standard InChI is InChI=1S/C18H24N4O5/c1-11(8-9-19)14(16(20)24)21-17(25)15(12(2)23)22-18(26)27-10-13-6-4-3-5-7-13/h3-7,11-12,14-15,23H,8,10H2,1-2H3,(H2,20,24)(H,21,25)(H,22,26)/t11-,12+,14-,15-/m0/s1. The Morgan fingerprint density at radius 3 is 2.33 bits per heavy atom. The first-order valence-electron chi connectivity index (χ1n) is 8.38. The molecular weight excluding hydrogens is 352 g/mol. The lowest BCUT2D eigenvalue weighted by atomic mass is 9.97. The van der Waals surface area contributed by atoms with E-state index in [4.69, 9.17) is 15.7 Å². The summed E-state index contributed by atoms with van der Waals surface area (Å²) in [5.74, 6) is -2.16. The Hall–Kier alpha value is -3.12. The second kappa shape index (κ2) is 10.8. The number of rotatable bonds is 9. The van der Waals surface area contributed by atoms with E-state index in [9.17, 15) is 19.5 Å². The molecule has 1 aromatic carbocycles. The Kier molecular flexibility index (Phi) is 8.75. The minimum atomic E-state index is -1.36. The summed E-state index contributed by atoms with van der Waals surface area (Å²) in [5.41, 5.74) is 6.02. The first kappa shape index (κ1) is 21.9. The Balaban J connectivity index is 2.70. The molecule has 0 heterocycles. The van der Waals surface area contributed by atoms with Crippen molar-refractivity contribution in [2.45, 2.75) is 45.1 Å². The fourth-order valence-corrected chi connectivity index (χ4v) is 2.30. The zero-order valence-electron chi connectivity index (χ0n) is 15.2. The highest BCUT2D eigenvalue weighted by Gasteiger charge is 2.31. The van der Waals surface area contributed by atoms with Crippen molar-refractivity contribution >= 4 is 17.9 Å². The Morgan fingerprint density at radius 1 is 1.19 bits per heavy atom. The van der Waals surface area contributed by atoms with Crippen LogP contribution in [0.15, 0.2) is 30.3 Å². The van der Waals surface area contributed by atoms with Crippen molar-refractivity contribution in [1.82, 2.24) is 10.6 Å². The van der Waals surface area contributed by atoms with Gasteiger partial charge in [-0.3, -0.25) is 9.59 Å². The normalized spacial score (nSPS) is 14.7. The van der Waals surface area contributed by atoms with Crippen LogP contribution in [0, 0.1) is 17.2 Å². The van der Waals surface area contributed by atoms with E-state index in [0.717, 1.165) is 5.56 Å². The van der Waals surface area contributed by atoms with Gasteiger partial charge in [-0.15, -0.1) is 0 Å². The molecule has 0 bridgehead atoms. The summed E-state index contributed by atoms with van der Waals surface area (Å²) >= 11 is 0. The molecule has 0 fully saturated rings. The van der Waals surface area contributed by atoms with E-state index in [1.54, 1.807) is 31.2 Å². The summed E-state index contributed by atoms with van der Waals surface area (Å²) in [6.07, 6.45) is -2.16. The van der Waals surface area contributed by atoms with Crippen molar-refractivity contribution < 1.29 is 24.2 Å². The molecule has 0 saturated heterocycles. The first-order chi connectivity index (χ1) is 12.8. The lowest BCUT2D eigenvalue weighted by Crippen LogP contribution is -2.58. The second-order valence-electron chi connectivity index (χ2n) is 6.15. The van der Waals surface area contributed by atoms with Crippen LogP contribution >= 0.6 is 0 Å². The van der Waals surface area contributed by atoms with Gasteiger partial charge in [0.1, 0.15) is 18.7 Å². The van der Waals surface area contributed by atoms with Crippen LogP contribution in [0.5, 0.6) is 0 Å². The lowest BCUT2D eigenvalue weighted by molar-refractivity contribution is -0.131. The Labute approximate surface area is 157 Å². The average molecular weight is 376 g/mol. The van der Waals surface area contributed by atoms with E-state index in [-0.39, 0.29) is 13.0 Å². The molecule has 0 aliphatic carbocycles. The molecule has 27 heavy (non-hydrogen) atoms. The van der Waals surface area contributed by atoms with Gasteiger partial charge >= 0.3 is 6.09 Å². The molecule has 9 heteroatoms. The van der Waals surface area contributed by atoms with Gasteiger partial charge in [0.05, 0.1) is 12.2 Å². The van der Waals surface area contributed by atoms with Gasteiger partial charge in [-0.2, -0.15) is 5.26 Å². The molecule has 1 rings (SSSR count). The van der Waals surface area contributed by atoms with Crippen LogP contribution < -0.4 is 16.4 Å². The number of hydrogen-bond acceptors (Lipinski definition) is 6. The minimum Gasteiger partial charge on any atom is -0.445 e. The van der Waals surface area contributed by atoms with Crippen LogP contribution in [-0.2, 0) is 20.9 Å². The smallest absolute Gasteiger partial charge is 0.408 e. The molecule has 0 unspecified atom stereocenters. The summed E-state index contributed by atoms with van der Waals surface area (Å²) in [6.45, 7) is 2.88. The van der Waals surface area contributed by atoms with Crippen molar-refractivity contribution in [3.63, 3.8) is 0 Å². The molecule has 9 nitrogen and oxygen atoms in total. The zero-order valence-corrected chi connectivity index (χ0v) is 15.2. The van der Waals surface area contributed by atoms with Crippen LogP contribution in [0.4, 0.5) is 4.79 Å². The van der Waals surface area contributed by atoms with Gasteiger partial charge in [0, 0.05) is 6.42 Å².